The van der Waals surface area contributed by atoms with E-state index >= 15 is 0 Å². The van der Waals surface area contributed by atoms with E-state index in [-0.39, 0.29) is 32.7 Å². The molecule has 61 valence electrons. The summed E-state index contributed by atoms with van der Waals surface area (Å²) in [6.07, 6.45) is 3.64. The monoisotopic (exact) mass is 236 g/mol. The summed E-state index contributed by atoms with van der Waals surface area (Å²) >= 11 is 0. The van der Waals surface area contributed by atoms with Crippen LogP contribution in [0.15, 0.2) is 35.4 Å². The summed E-state index contributed by atoms with van der Waals surface area (Å²) in [6, 6.07) is 9.81. The maximum Gasteiger partial charge on any atom is 0.0529 e. The molecule has 0 amide bonds. The van der Waals surface area contributed by atoms with Gasteiger partial charge in [-0.05, 0) is 12.1 Å². The zero-order chi connectivity index (χ0) is 7.94. The van der Waals surface area contributed by atoms with Crippen molar-refractivity contribution >= 4 is 11.9 Å². The fourth-order valence-electron chi connectivity index (χ4n) is 0.696. The Labute approximate surface area is 98.3 Å². The number of hydrogen-bond donors (Lipinski definition) is 1. The van der Waals surface area contributed by atoms with Crippen LogP contribution >= 0.6 is 0 Å². The molecule has 0 saturated heterocycles. The van der Waals surface area contributed by atoms with Gasteiger partial charge in [-0.15, -0.1) is 0 Å². The first-order chi connectivity index (χ1) is 5.43. The molecule has 3 heteroatoms. The molecule has 0 aliphatic rings. The largest absolute Gasteiger partial charge is 0.400 e. The Morgan fingerprint density at radius 2 is 2.00 bits per heavy atom. The van der Waals surface area contributed by atoms with Crippen molar-refractivity contribution < 1.29 is 32.7 Å². The molecule has 0 saturated carbocycles. The van der Waals surface area contributed by atoms with Gasteiger partial charge in [0.1, 0.15) is 0 Å². The molecule has 0 heterocycles. The molecule has 0 fully saturated rings. The topological polar surface area (TPSA) is 24.4 Å². The van der Waals surface area contributed by atoms with E-state index in [1.165, 1.54) is 0 Å². The van der Waals surface area contributed by atoms with Crippen molar-refractivity contribution in [2.75, 3.05) is 5.43 Å². The second kappa shape index (κ2) is 7.44. The van der Waals surface area contributed by atoms with Crippen molar-refractivity contribution in [1.82, 2.24) is 0 Å². The van der Waals surface area contributed by atoms with Gasteiger partial charge in [0.15, 0.2) is 0 Å². The van der Waals surface area contributed by atoms with Gasteiger partial charge in [-0.2, -0.15) is 6.42 Å². The Bertz CT molecular complexity index is 221. The van der Waals surface area contributed by atoms with E-state index in [2.05, 4.69) is 16.7 Å². The van der Waals surface area contributed by atoms with Gasteiger partial charge < -0.3 is 16.7 Å². The van der Waals surface area contributed by atoms with Crippen LogP contribution in [0.2, 0.25) is 0 Å². The molecule has 2 nitrogen and oxygen atoms in total. The molecule has 1 radical (unpaired) electrons. The van der Waals surface area contributed by atoms with Crippen molar-refractivity contribution in [3.8, 4) is 0 Å². The quantitative estimate of drug-likeness (QED) is 0.486. The maximum absolute atomic E-state index is 3.86. The minimum absolute atomic E-state index is 0. The molecule has 0 aliphatic heterocycles. The zero-order valence-electron chi connectivity index (χ0n) is 7.12. The molecule has 1 rings (SSSR count). The predicted molar refractivity (Wildman–Crippen MR) is 47.8 cm³/mol. The summed E-state index contributed by atoms with van der Waals surface area (Å²) in [4.78, 5) is 0. The first-order valence-corrected chi connectivity index (χ1v) is 3.67. The minimum Gasteiger partial charge on any atom is -0.400 e. The number of anilines is 1. The van der Waals surface area contributed by atoms with E-state index < -0.39 is 0 Å². The summed E-state index contributed by atoms with van der Waals surface area (Å²) in [5.74, 6) is 0. The molecule has 0 atom stereocenters. The Hall–Kier alpha value is -0.206. The summed E-state index contributed by atoms with van der Waals surface area (Å²) in [5.41, 5.74) is 3.85. The molecule has 1 N–H and O–H groups in total. The average Bonchev–Trinajstić information content (AvgIpc) is 2.07. The molecular formula is C9H11N2Y-. The Kier molecular flexibility index (Phi) is 7.32. The smallest absolute Gasteiger partial charge is 0.0529 e. The van der Waals surface area contributed by atoms with Gasteiger partial charge >= 0.3 is 0 Å². The predicted octanol–water partition coefficient (Wildman–Crippen LogP) is 2.37. The van der Waals surface area contributed by atoms with Crippen molar-refractivity contribution in [2.24, 2.45) is 5.10 Å². The molecule has 0 spiro atoms. The van der Waals surface area contributed by atoms with Gasteiger partial charge in [-0.3, -0.25) is 0 Å². The molecule has 12 heavy (non-hydrogen) atoms. The van der Waals surface area contributed by atoms with Gasteiger partial charge in [-0.25, -0.2) is 0 Å². The Balaban J connectivity index is 0.00000121. The molecule has 1 aromatic carbocycles. The van der Waals surface area contributed by atoms with E-state index in [1.54, 1.807) is 0 Å². The van der Waals surface area contributed by atoms with Crippen molar-refractivity contribution in [3.05, 3.63) is 30.3 Å². The summed E-state index contributed by atoms with van der Waals surface area (Å²) in [7, 11) is 0. The number of rotatable bonds is 3. The number of hydrogen-bond acceptors (Lipinski definition) is 2. The second-order valence-corrected chi connectivity index (χ2v) is 2.10. The van der Waals surface area contributed by atoms with Crippen LogP contribution < -0.4 is 5.43 Å². The average molecular weight is 236 g/mol. The van der Waals surface area contributed by atoms with Crippen LogP contribution in [0.5, 0.6) is 0 Å². The number of nitrogens with zero attached hydrogens (tertiary/aromatic N) is 1. The van der Waals surface area contributed by atoms with E-state index in [0.717, 1.165) is 12.1 Å². The van der Waals surface area contributed by atoms with Crippen LogP contribution in [0, 0.1) is 0 Å². The van der Waals surface area contributed by atoms with Crippen LogP contribution in [-0.2, 0) is 32.7 Å². The van der Waals surface area contributed by atoms with Crippen LogP contribution in [0.25, 0.3) is 0 Å². The summed E-state index contributed by atoms with van der Waals surface area (Å²) in [6.45, 7) is 2.00. The van der Waals surface area contributed by atoms with Gasteiger partial charge in [0.25, 0.3) is 0 Å². The van der Waals surface area contributed by atoms with Crippen molar-refractivity contribution in [1.29, 1.82) is 0 Å². The molecule has 0 aromatic heterocycles. The van der Waals surface area contributed by atoms with Crippen molar-refractivity contribution in [2.45, 2.75) is 13.3 Å². The van der Waals surface area contributed by atoms with E-state index in [9.17, 15) is 0 Å². The van der Waals surface area contributed by atoms with E-state index in [1.807, 2.05) is 37.3 Å². The van der Waals surface area contributed by atoms with E-state index in [4.69, 9.17) is 0 Å². The summed E-state index contributed by atoms with van der Waals surface area (Å²) < 4.78 is 0. The number of nitrogens with one attached hydrogen (secondary N) is 1. The van der Waals surface area contributed by atoms with Crippen LogP contribution in [0.3, 0.4) is 0 Å². The zero-order valence-corrected chi connectivity index (χ0v) is 9.96. The Morgan fingerprint density at radius 1 is 1.33 bits per heavy atom. The molecular weight excluding hydrogens is 225 g/mol. The van der Waals surface area contributed by atoms with Gasteiger partial charge in [0.05, 0.1) is 5.69 Å². The maximum atomic E-state index is 3.86. The first-order valence-electron chi connectivity index (χ1n) is 3.67. The van der Waals surface area contributed by atoms with Gasteiger partial charge in [-0.1, -0.05) is 25.1 Å². The number of hydrazone groups is 1. The second-order valence-electron chi connectivity index (χ2n) is 2.10. The first kappa shape index (κ1) is 11.8. The minimum atomic E-state index is 0. The molecule has 1 aromatic rings. The Morgan fingerprint density at radius 3 is 2.58 bits per heavy atom. The molecule has 0 aliphatic carbocycles. The standard InChI is InChI=1S/C9H11N2.Y/c1-2-8-10-11-9-6-4-3-5-7-9;/h3-7,11H,2H2,1H3;/q-1;. The third kappa shape index (κ3) is 4.63. The molecule has 0 bridgehead atoms. The number of benzene rings is 1. The SMILES string of the molecule is CC[C-]=NNc1ccccc1.[Y]. The molecule has 0 unspecified atom stereocenters. The van der Waals surface area contributed by atoms with E-state index in [0.29, 0.717) is 0 Å². The summed E-state index contributed by atoms with van der Waals surface area (Å²) in [5, 5.41) is 3.86. The van der Waals surface area contributed by atoms with Crippen molar-refractivity contribution in [3.63, 3.8) is 0 Å². The third-order valence-electron chi connectivity index (χ3n) is 1.20. The van der Waals surface area contributed by atoms with Crippen LogP contribution in [-0.4, -0.2) is 6.21 Å². The number of para-hydroxylation sites is 1. The van der Waals surface area contributed by atoms with Gasteiger partial charge in [0.2, 0.25) is 0 Å². The normalized spacial score (nSPS) is 9.42. The fourth-order valence-corrected chi connectivity index (χ4v) is 0.696. The third-order valence-corrected chi connectivity index (χ3v) is 1.20. The van der Waals surface area contributed by atoms with Crippen LogP contribution in [0.4, 0.5) is 5.69 Å². The van der Waals surface area contributed by atoms with Crippen LogP contribution in [0.1, 0.15) is 13.3 Å². The fraction of sp³-hybridized carbons (Fsp3) is 0.222. The van der Waals surface area contributed by atoms with Gasteiger partial charge in [0, 0.05) is 32.7 Å².